The van der Waals surface area contributed by atoms with E-state index in [1.807, 2.05) is 12.1 Å². The Hall–Kier alpha value is -3.46. The lowest BCUT2D eigenvalue weighted by atomic mass is 10.1. The molecule has 31 heavy (non-hydrogen) atoms. The summed E-state index contributed by atoms with van der Waals surface area (Å²) < 4.78 is 15.8. The van der Waals surface area contributed by atoms with Gasteiger partial charge in [0.25, 0.3) is 11.1 Å². The molecular formula is C22H20N2O6S. The molecule has 2 aliphatic heterocycles. The van der Waals surface area contributed by atoms with Crippen molar-refractivity contribution in [3.63, 3.8) is 0 Å². The van der Waals surface area contributed by atoms with Crippen LogP contribution in [0.1, 0.15) is 11.1 Å². The molecule has 2 aliphatic rings. The summed E-state index contributed by atoms with van der Waals surface area (Å²) in [5, 5.41) is 2.38. The molecule has 0 bridgehead atoms. The molecule has 1 saturated heterocycles. The normalized spacial score (nSPS) is 16.2. The van der Waals surface area contributed by atoms with Crippen molar-refractivity contribution in [3.05, 3.63) is 58.5 Å². The summed E-state index contributed by atoms with van der Waals surface area (Å²) in [5.74, 6) is 1.35. The Morgan fingerprint density at radius 1 is 1.19 bits per heavy atom. The summed E-state index contributed by atoms with van der Waals surface area (Å²) >= 11 is 0.875. The fraction of sp³-hybridized carbons (Fsp3) is 0.227. The van der Waals surface area contributed by atoms with Crippen molar-refractivity contribution in [2.75, 3.05) is 27.0 Å². The zero-order valence-corrected chi connectivity index (χ0v) is 17.6. The highest BCUT2D eigenvalue weighted by Gasteiger charge is 2.34. The van der Waals surface area contributed by atoms with E-state index in [2.05, 4.69) is 5.32 Å². The number of ether oxygens (including phenoxy) is 3. The number of carbonyl (C=O) groups is 3. The molecule has 9 heteroatoms. The van der Waals surface area contributed by atoms with Gasteiger partial charge in [0.15, 0.2) is 11.5 Å². The van der Waals surface area contributed by atoms with Crippen LogP contribution in [0.5, 0.6) is 17.2 Å². The topological polar surface area (TPSA) is 94.2 Å². The van der Waals surface area contributed by atoms with Crippen LogP contribution in [0.25, 0.3) is 6.08 Å². The average Bonchev–Trinajstić information content (AvgIpc) is 3.33. The van der Waals surface area contributed by atoms with Gasteiger partial charge in [0.1, 0.15) is 5.75 Å². The van der Waals surface area contributed by atoms with E-state index in [0.29, 0.717) is 22.2 Å². The summed E-state index contributed by atoms with van der Waals surface area (Å²) in [5.41, 5.74) is 1.55. The molecule has 160 valence electrons. The summed E-state index contributed by atoms with van der Waals surface area (Å²) in [6.07, 6.45) is 1.83. The minimum absolute atomic E-state index is 0.104. The van der Waals surface area contributed by atoms with E-state index in [4.69, 9.17) is 14.2 Å². The number of thioether (sulfide) groups is 1. The minimum Gasteiger partial charge on any atom is -0.497 e. The Kier molecular flexibility index (Phi) is 6.13. The molecule has 8 nitrogen and oxygen atoms in total. The smallest absolute Gasteiger partial charge is 0.293 e. The lowest BCUT2D eigenvalue weighted by Gasteiger charge is -2.13. The van der Waals surface area contributed by atoms with E-state index in [9.17, 15) is 14.4 Å². The van der Waals surface area contributed by atoms with E-state index >= 15 is 0 Å². The summed E-state index contributed by atoms with van der Waals surface area (Å²) in [6.45, 7) is 0.448. The fourth-order valence-electron chi connectivity index (χ4n) is 3.18. The number of nitrogens with one attached hydrogen (secondary N) is 1. The first-order valence-electron chi connectivity index (χ1n) is 9.58. The molecule has 0 atom stereocenters. The Balaban J connectivity index is 1.31. The van der Waals surface area contributed by atoms with Crippen molar-refractivity contribution in [2.24, 2.45) is 0 Å². The maximum Gasteiger partial charge on any atom is 0.293 e. The van der Waals surface area contributed by atoms with Crippen LogP contribution in [0.15, 0.2) is 47.4 Å². The number of carbonyl (C=O) groups excluding carboxylic acids is 3. The highest BCUT2D eigenvalue weighted by molar-refractivity contribution is 8.18. The summed E-state index contributed by atoms with van der Waals surface area (Å²) in [4.78, 5) is 38.5. The number of nitrogens with zero attached hydrogens (tertiary/aromatic N) is 1. The first-order valence-corrected chi connectivity index (χ1v) is 10.4. The zero-order chi connectivity index (χ0) is 21.8. The van der Waals surface area contributed by atoms with Gasteiger partial charge in [0.2, 0.25) is 12.7 Å². The third kappa shape index (κ3) is 4.83. The number of methoxy groups -OCH3 is 1. The highest BCUT2D eigenvalue weighted by Crippen LogP contribution is 2.36. The highest BCUT2D eigenvalue weighted by atomic mass is 32.2. The maximum atomic E-state index is 12.6. The second-order valence-electron chi connectivity index (χ2n) is 6.82. The van der Waals surface area contributed by atoms with Crippen molar-refractivity contribution >= 4 is 34.9 Å². The molecule has 2 aromatic carbocycles. The zero-order valence-electron chi connectivity index (χ0n) is 16.8. The Morgan fingerprint density at radius 3 is 2.87 bits per heavy atom. The van der Waals surface area contributed by atoms with E-state index in [0.717, 1.165) is 27.8 Å². The third-order valence-electron chi connectivity index (χ3n) is 4.72. The number of rotatable bonds is 7. The molecule has 2 heterocycles. The molecule has 3 amide bonds. The first kappa shape index (κ1) is 20.8. The largest absolute Gasteiger partial charge is 0.497 e. The molecule has 1 N–H and O–H groups in total. The number of hydrogen-bond acceptors (Lipinski definition) is 7. The Bertz CT molecular complexity index is 1070. The van der Waals surface area contributed by atoms with Crippen LogP contribution in [0, 0.1) is 0 Å². The van der Waals surface area contributed by atoms with Crippen molar-refractivity contribution in [3.8, 4) is 17.2 Å². The second-order valence-corrected chi connectivity index (χ2v) is 7.82. The Labute approximate surface area is 183 Å². The fourth-order valence-corrected chi connectivity index (χ4v) is 4.05. The van der Waals surface area contributed by atoms with Gasteiger partial charge in [0, 0.05) is 13.1 Å². The van der Waals surface area contributed by atoms with Gasteiger partial charge in [0.05, 0.1) is 18.4 Å². The quantitative estimate of drug-likeness (QED) is 0.662. The van der Waals surface area contributed by atoms with Crippen molar-refractivity contribution in [2.45, 2.75) is 6.42 Å². The van der Waals surface area contributed by atoms with Gasteiger partial charge >= 0.3 is 0 Å². The predicted octanol–water partition coefficient (Wildman–Crippen LogP) is 2.82. The Morgan fingerprint density at radius 2 is 2.03 bits per heavy atom. The molecule has 0 spiro atoms. The molecule has 1 fully saturated rings. The van der Waals surface area contributed by atoms with Gasteiger partial charge < -0.3 is 19.5 Å². The average molecular weight is 440 g/mol. The first-order chi connectivity index (χ1) is 15.0. The molecule has 2 aromatic rings. The molecule has 0 saturated carbocycles. The lowest BCUT2D eigenvalue weighted by Crippen LogP contribution is -2.37. The van der Waals surface area contributed by atoms with Crippen molar-refractivity contribution in [1.29, 1.82) is 0 Å². The third-order valence-corrected chi connectivity index (χ3v) is 5.63. The van der Waals surface area contributed by atoms with Crippen molar-refractivity contribution in [1.82, 2.24) is 10.2 Å². The molecule has 4 rings (SSSR count). The number of amides is 3. The lowest BCUT2D eigenvalue weighted by molar-refractivity contribution is -0.124. The molecule has 0 unspecified atom stereocenters. The molecule has 0 aromatic heterocycles. The second kappa shape index (κ2) is 9.13. The van der Waals surface area contributed by atoms with Gasteiger partial charge in [-0.15, -0.1) is 0 Å². The van der Waals surface area contributed by atoms with Crippen LogP contribution in [-0.2, 0) is 16.0 Å². The SMILES string of the molecule is COc1cccc(CC(=O)NCCN2C(=O)S/C(=C\c3ccc4c(c3)OCO4)C2=O)c1. The number of benzene rings is 2. The van der Waals surface area contributed by atoms with Gasteiger partial charge in [-0.3, -0.25) is 19.3 Å². The van der Waals surface area contributed by atoms with E-state index in [-0.39, 0.29) is 43.4 Å². The van der Waals surface area contributed by atoms with E-state index < -0.39 is 0 Å². The van der Waals surface area contributed by atoms with Gasteiger partial charge in [-0.1, -0.05) is 18.2 Å². The number of imide groups is 1. The van der Waals surface area contributed by atoms with E-state index in [1.54, 1.807) is 43.5 Å². The summed E-state index contributed by atoms with van der Waals surface area (Å²) in [6, 6.07) is 12.6. The van der Waals surface area contributed by atoms with Crippen LogP contribution < -0.4 is 19.5 Å². The minimum atomic E-state index is -0.380. The maximum absolute atomic E-state index is 12.6. The number of hydrogen-bond donors (Lipinski definition) is 1. The van der Waals surface area contributed by atoms with Crippen LogP contribution in [0.3, 0.4) is 0 Å². The standard InChI is InChI=1S/C22H20N2O6S/c1-28-16-4-2-3-14(9-16)12-20(25)23-7-8-24-21(26)19(31-22(24)27)11-15-5-6-17-18(10-15)30-13-29-17/h2-6,9-11H,7-8,12-13H2,1H3,(H,23,25)/b19-11-. The molecule has 0 aliphatic carbocycles. The van der Waals surface area contributed by atoms with Crippen LogP contribution in [0.4, 0.5) is 4.79 Å². The van der Waals surface area contributed by atoms with Crippen LogP contribution >= 0.6 is 11.8 Å². The van der Waals surface area contributed by atoms with Crippen LogP contribution in [0.2, 0.25) is 0 Å². The number of fused-ring (bicyclic) bond motifs is 1. The van der Waals surface area contributed by atoms with E-state index in [1.165, 1.54) is 0 Å². The molecule has 0 radical (unpaired) electrons. The van der Waals surface area contributed by atoms with Gasteiger partial charge in [-0.25, -0.2) is 0 Å². The van der Waals surface area contributed by atoms with Gasteiger partial charge in [-0.05, 0) is 53.2 Å². The summed E-state index contributed by atoms with van der Waals surface area (Å²) in [7, 11) is 1.57. The van der Waals surface area contributed by atoms with Gasteiger partial charge in [-0.2, -0.15) is 0 Å². The monoisotopic (exact) mass is 440 g/mol. The van der Waals surface area contributed by atoms with Crippen molar-refractivity contribution < 1.29 is 28.6 Å². The molecular weight excluding hydrogens is 420 g/mol. The predicted molar refractivity (Wildman–Crippen MR) is 115 cm³/mol. The van der Waals surface area contributed by atoms with Crippen LogP contribution in [-0.4, -0.2) is 48.9 Å².